The molecule has 0 fully saturated rings. The largest absolute Gasteiger partial charge is 0.384 e. The molecule has 0 radical (unpaired) electrons. The Bertz CT molecular complexity index is 497. The SMILES string of the molecule is NC(=O)c1cc(NCCc2ncon2)ccn1. The van der Waals surface area contributed by atoms with Crippen LogP contribution >= 0.6 is 0 Å². The summed E-state index contributed by atoms with van der Waals surface area (Å²) in [5.74, 6) is 0.0773. The Kier molecular flexibility index (Phi) is 3.29. The van der Waals surface area contributed by atoms with Crippen molar-refractivity contribution in [3.8, 4) is 0 Å². The molecular formula is C10H11N5O2. The zero-order chi connectivity index (χ0) is 12.1. The third kappa shape index (κ3) is 3.00. The van der Waals surface area contributed by atoms with Crippen molar-refractivity contribution in [1.82, 2.24) is 15.1 Å². The van der Waals surface area contributed by atoms with E-state index in [1.54, 1.807) is 12.1 Å². The number of carbonyl (C=O) groups excluding carboxylic acids is 1. The molecule has 0 bridgehead atoms. The van der Waals surface area contributed by atoms with E-state index in [9.17, 15) is 4.79 Å². The molecule has 0 aliphatic carbocycles. The molecule has 0 saturated heterocycles. The molecule has 2 aromatic rings. The Hall–Kier alpha value is -2.44. The van der Waals surface area contributed by atoms with Crippen molar-refractivity contribution >= 4 is 11.6 Å². The summed E-state index contributed by atoms with van der Waals surface area (Å²) in [6.45, 7) is 0.627. The van der Waals surface area contributed by atoms with Crippen molar-refractivity contribution < 1.29 is 9.32 Å². The number of nitrogens with zero attached hydrogens (tertiary/aromatic N) is 3. The average Bonchev–Trinajstić information content (AvgIpc) is 2.82. The van der Waals surface area contributed by atoms with Gasteiger partial charge in [0.1, 0.15) is 5.69 Å². The topological polar surface area (TPSA) is 107 Å². The third-order valence-electron chi connectivity index (χ3n) is 2.10. The van der Waals surface area contributed by atoms with E-state index in [-0.39, 0.29) is 5.69 Å². The second-order valence-electron chi connectivity index (χ2n) is 3.32. The van der Waals surface area contributed by atoms with E-state index in [1.807, 2.05) is 0 Å². The summed E-state index contributed by atoms with van der Waals surface area (Å²) in [5.41, 5.74) is 6.13. The van der Waals surface area contributed by atoms with Crippen molar-refractivity contribution in [2.45, 2.75) is 6.42 Å². The van der Waals surface area contributed by atoms with E-state index in [2.05, 4.69) is 25.0 Å². The fourth-order valence-electron chi connectivity index (χ4n) is 1.30. The Morgan fingerprint density at radius 3 is 3.06 bits per heavy atom. The fraction of sp³-hybridized carbons (Fsp3) is 0.200. The number of nitrogens with one attached hydrogen (secondary N) is 1. The van der Waals surface area contributed by atoms with Crippen LogP contribution in [0, 0.1) is 0 Å². The molecule has 2 aromatic heterocycles. The highest BCUT2D eigenvalue weighted by molar-refractivity contribution is 5.91. The quantitative estimate of drug-likeness (QED) is 0.764. The molecule has 1 amide bonds. The van der Waals surface area contributed by atoms with E-state index >= 15 is 0 Å². The van der Waals surface area contributed by atoms with Crippen LogP contribution in [0.5, 0.6) is 0 Å². The molecule has 0 unspecified atom stereocenters. The molecule has 3 N–H and O–H groups in total. The maximum Gasteiger partial charge on any atom is 0.267 e. The number of aromatic nitrogens is 3. The lowest BCUT2D eigenvalue weighted by Crippen LogP contribution is -2.14. The van der Waals surface area contributed by atoms with Gasteiger partial charge in [0.05, 0.1) is 0 Å². The van der Waals surface area contributed by atoms with E-state index in [0.29, 0.717) is 18.8 Å². The first-order valence-corrected chi connectivity index (χ1v) is 5.00. The lowest BCUT2D eigenvalue weighted by Gasteiger charge is -2.04. The smallest absolute Gasteiger partial charge is 0.267 e. The fourth-order valence-corrected chi connectivity index (χ4v) is 1.30. The predicted octanol–water partition coefficient (Wildman–Crippen LogP) is 0.218. The normalized spacial score (nSPS) is 10.1. The van der Waals surface area contributed by atoms with E-state index in [4.69, 9.17) is 5.73 Å². The Labute approximate surface area is 97.0 Å². The van der Waals surface area contributed by atoms with Gasteiger partial charge in [0.15, 0.2) is 5.82 Å². The second-order valence-corrected chi connectivity index (χ2v) is 3.32. The van der Waals surface area contributed by atoms with Crippen molar-refractivity contribution in [3.05, 3.63) is 36.2 Å². The van der Waals surface area contributed by atoms with Gasteiger partial charge in [-0.1, -0.05) is 5.16 Å². The Morgan fingerprint density at radius 2 is 2.35 bits per heavy atom. The van der Waals surface area contributed by atoms with Gasteiger partial charge in [-0.15, -0.1) is 0 Å². The van der Waals surface area contributed by atoms with Gasteiger partial charge in [0.25, 0.3) is 5.91 Å². The average molecular weight is 233 g/mol. The zero-order valence-electron chi connectivity index (χ0n) is 8.96. The first kappa shape index (κ1) is 11.1. The molecule has 0 aliphatic rings. The summed E-state index contributed by atoms with van der Waals surface area (Å²) in [6.07, 6.45) is 3.44. The number of primary amides is 1. The summed E-state index contributed by atoms with van der Waals surface area (Å²) in [4.78, 5) is 18.6. The van der Waals surface area contributed by atoms with E-state index in [1.165, 1.54) is 12.6 Å². The number of nitrogens with two attached hydrogens (primary N) is 1. The first-order valence-electron chi connectivity index (χ1n) is 5.00. The van der Waals surface area contributed by atoms with E-state index < -0.39 is 5.91 Å². The standard InChI is InChI=1S/C10H11N5O2/c11-10(16)8-5-7(1-3-13-8)12-4-2-9-14-6-17-15-9/h1,3,5-6H,2,4H2,(H2,11,16)(H,12,13). The molecule has 7 nitrogen and oxygen atoms in total. The van der Waals surface area contributed by atoms with Crippen LogP contribution in [0.15, 0.2) is 29.2 Å². The number of pyridine rings is 1. The van der Waals surface area contributed by atoms with Crippen LogP contribution in [0.25, 0.3) is 0 Å². The van der Waals surface area contributed by atoms with Gasteiger partial charge in [0.2, 0.25) is 6.39 Å². The monoisotopic (exact) mass is 233 g/mol. The number of amides is 1. The van der Waals surface area contributed by atoms with Crippen LogP contribution in [0.1, 0.15) is 16.3 Å². The highest BCUT2D eigenvalue weighted by Crippen LogP contribution is 2.07. The lowest BCUT2D eigenvalue weighted by atomic mass is 10.3. The molecule has 0 spiro atoms. The van der Waals surface area contributed by atoms with Crippen LogP contribution in [-0.2, 0) is 6.42 Å². The summed E-state index contributed by atoms with van der Waals surface area (Å²) in [7, 11) is 0. The van der Waals surface area contributed by atoms with Crippen molar-refractivity contribution in [3.63, 3.8) is 0 Å². The number of carbonyl (C=O) groups is 1. The Balaban J connectivity index is 1.90. The first-order chi connectivity index (χ1) is 8.25. The van der Waals surface area contributed by atoms with E-state index in [0.717, 1.165) is 5.69 Å². The Morgan fingerprint density at radius 1 is 1.47 bits per heavy atom. The molecule has 0 aliphatic heterocycles. The van der Waals surface area contributed by atoms with Crippen molar-refractivity contribution in [1.29, 1.82) is 0 Å². The van der Waals surface area contributed by atoms with Gasteiger partial charge >= 0.3 is 0 Å². The predicted molar refractivity (Wildman–Crippen MR) is 59.2 cm³/mol. The molecule has 0 saturated carbocycles. The number of rotatable bonds is 5. The van der Waals surface area contributed by atoms with Gasteiger partial charge in [-0.3, -0.25) is 9.78 Å². The molecule has 7 heteroatoms. The lowest BCUT2D eigenvalue weighted by molar-refractivity contribution is 0.0995. The maximum atomic E-state index is 10.9. The summed E-state index contributed by atoms with van der Waals surface area (Å²) >= 11 is 0. The summed E-state index contributed by atoms with van der Waals surface area (Å²) in [6, 6.07) is 3.35. The molecule has 2 heterocycles. The van der Waals surface area contributed by atoms with Crippen LogP contribution in [0.3, 0.4) is 0 Å². The zero-order valence-corrected chi connectivity index (χ0v) is 8.96. The van der Waals surface area contributed by atoms with Crippen LogP contribution in [0.4, 0.5) is 5.69 Å². The van der Waals surface area contributed by atoms with Gasteiger partial charge < -0.3 is 15.6 Å². The number of anilines is 1. The number of hydrogen-bond donors (Lipinski definition) is 2. The van der Waals surface area contributed by atoms with Crippen molar-refractivity contribution in [2.24, 2.45) is 5.73 Å². The minimum atomic E-state index is -0.549. The van der Waals surface area contributed by atoms with Gasteiger partial charge in [0, 0.05) is 24.8 Å². The second kappa shape index (κ2) is 5.06. The molecule has 0 atom stereocenters. The number of hydrogen-bond acceptors (Lipinski definition) is 6. The third-order valence-corrected chi connectivity index (χ3v) is 2.10. The van der Waals surface area contributed by atoms with Gasteiger partial charge in [-0.2, -0.15) is 4.98 Å². The molecule has 0 aromatic carbocycles. The summed E-state index contributed by atoms with van der Waals surface area (Å²) < 4.78 is 4.61. The molecule has 2 rings (SSSR count). The van der Waals surface area contributed by atoms with Crippen molar-refractivity contribution in [2.75, 3.05) is 11.9 Å². The van der Waals surface area contributed by atoms with Gasteiger partial charge in [-0.25, -0.2) is 0 Å². The molecule has 17 heavy (non-hydrogen) atoms. The summed E-state index contributed by atoms with van der Waals surface area (Å²) in [5, 5.41) is 6.79. The highest BCUT2D eigenvalue weighted by atomic mass is 16.5. The van der Waals surface area contributed by atoms with Gasteiger partial charge in [-0.05, 0) is 12.1 Å². The molecule has 88 valence electrons. The molecular weight excluding hydrogens is 222 g/mol. The highest BCUT2D eigenvalue weighted by Gasteiger charge is 2.03. The minimum Gasteiger partial charge on any atom is -0.384 e. The van der Waals surface area contributed by atoms with Crippen LogP contribution in [-0.4, -0.2) is 27.6 Å². The van der Waals surface area contributed by atoms with Crippen LogP contribution in [0.2, 0.25) is 0 Å². The maximum absolute atomic E-state index is 10.9. The minimum absolute atomic E-state index is 0.231. The van der Waals surface area contributed by atoms with Crippen LogP contribution < -0.4 is 11.1 Å².